The van der Waals surface area contributed by atoms with Crippen LogP contribution in [0.3, 0.4) is 0 Å². The van der Waals surface area contributed by atoms with Crippen LogP contribution in [0.1, 0.15) is 20.3 Å². The van der Waals surface area contributed by atoms with Gasteiger partial charge in [-0.2, -0.15) is 0 Å². The van der Waals surface area contributed by atoms with Crippen LogP contribution in [0.4, 0.5) is 0 Å². The minimum absolute atomic E-state index is 0. The molecule has 10 heavy (non-hydrogen) atoms. The summed E-state index contributed by atoms with van der Waals surface area (Å²) in [5, 5.41) is 8.36. The summed E-state index contributed by atoms with van der Waals surface area (Å²) in [6.07, 6.45) is 0.813. The van der Waals surface area contributed by atoms with Gasteiger partial charge in [0.1, 0.15) is 6.04 Å². The van der Waals surface area contributed by atoms with Crippen molar-refractivity contribution >= 4 is 43.7 Å². The Bertz CT molecular complexity index is 108. The summed E-state index contributed by atoms with van der Waals surface area (Å²) < 4.78 is 0. The quantitative estimate of drug-likeness (QED) is 0.590. The number of hydrogen-bond acceptors (Lipinski definition) is 2. The van der Waals surface area contributed by atoms with Gasteiger partial charge in [-0.1, -0.05) is 20.3 Å². The molecule has 0 fully saturated rings. The van der Waals surface area contributed by atoms with Gasteiger partial charge in [0.25, 0.3) is 0 Å². The summed E-state index contributed by atoms with van der Waals surface area (Å²) >= 11 is 0. The molecule has 2 atom stereocenters. The van der Waals surface area contributed by atoms with Crippen molar-refractivity contribution in [2.24, 2.45) is 11.7 Å². The van der Waals surface area contributed by atoms with Gasteiger partial charge < -0.3 is 10.8 Å². The Balaban J connectivity index is 0. The minimum atomic E-state index is -0.913. The Morgan fingerprint density at radius 1 is 1.70 bits per heavy atom. The van der Waals surface area contributed by atoms with E-state index in [0.29, 0.717) is 0 Å². The van der Waals surface area contributed by atoms with Crippen LogP contribution in [0.2, 0.25) is 0 Å². The second kappa shape index (κ2) is 6.40. The fourth-order valence-corrected chi connectivity index (χ4v) is 0.497. The van der Waals surface area contributed by atoms with E-state index in [1.807, 2.05) is 13.8 Å². The number of nitrogens with two attached hydrogens (primary N) is 1. The molecule has 0 heterocycles. The number of hydrogen-bond donors (Lipinski definition) is 2. The topological polar surface area (TPSA) is 63.3 Å². The van der Waals surface area contributed by atoms with E-state index >= 15 is 0 Å². The van der Waals surface area contributed by atoms with E-state index in [4.69, 9.17) is 10.8 Å². The molecule has 0 saturated carbocycles. The summed E-state index contributed by atoms with van der Waals surface area (Å²) in [6, 6.07) is -0.699. The van der Waals surface area contributed by atoms with Gasteiger partial charge in [0.05, 0.1) is 0 Å². The molecule has 3 N–H and O–H groups in total. The van der Waals surface area contributed by atoms with Crippen molar-refractivity contribution in [2.75, 3.05) is 0 Å². The van der Waals surface area contributed by atoms with E-state index in [1.165, 1.54) is 0 Å². The third-order valence-electron chi connectivity index (χ3n) is 1.54. The van der Waals surface area contributed by atoms with Crippen LogP contribution in [-0.4, -0.2) is 54.9 Å². The molecule has 56 valence electrons. The van der Waals surface area contributed by atoms with Crippen LogP contribution >= 0.6 is 0 Å². The van der Waals surface area contributed by atoms with Crippen molar-refractivity contribution < 1.29 is 9.90 Å². The third-order valence-corrected chi connectivity index (χ3v) is 1.54. The summed E-state index contributed by atoms with van der Waals surface area (Å²) in [5.41, 5.74) is 5.27. The first kappa shape index (κ1) is 13.3. The van der Waals surface area contributed by atoms with Gasteiger partial charge in [0, 0.05) is 37.7 Å². The number of aliphatic carboxylic acids is 1. The van der Waals surface area contributed by atoms with Crippen molar-refractivity contribution in [3.05, 3.63) is 0 Å². The molecule has 0 unspecified atom stereocenters. The van der Waals surface area contributed by atoms with Crippen LogP contribution in [0.5, 0.6) is 0 Å². The predicted octanol–water partition coefficient (Wildman–Crippen LogP) is 0.0636. The third kappa shape index (κ3) is 4.50. The Kier molecular flexibility index (Phi) is 8.51. The van der Waals surface area contributed by atoms with Crippen molar-refractivity contribution in [3.63, 3.8) is 0 Å². The summed E-state index contributed by atoms with van der Waals surface area (Å²) in [7, 11) is 0. The molecule has 4 heteroatoms. The first-order chi connectivity index (χ1) is 4.09. The molecule has 0 aliphatic carbocycles. The summed E-state index contributed by atoms with van der Waals surface area (Å²) in [6.45, 7) is 3.76. The van der Waals surface area contributed by atoms with Crippen molar-refractivity contribution in [1.82, 2.24) is 0 Å². The van der Waals surface area contributed by atoms with Gasteiger partial charge >= 0.3 is 5.97 Å². The predicted molar refractivity (Wildman–Crippen MR) is 40.8 cm³/mol. The van der Waals surface area contributed by atoms with Crippen LogP contribution in [0.15, 0.2) is 0 Å². The molecule has 2 radical (unpaired) electrons. The van der Waals surface area contributed by atoms with E-state index in [0.717, 1.165) is 6.42 Å². The summed E-state index contributed by atoms with van der Waals surface area (Å²) in [4.78, 5) is 10.2. The van der Waals surface area contributed by atoms with E-state index in [-0.39, 0.29) is 43.7 Å². The molecular weight excluding hydrogens is 158 g/mol. The molecule has 0 saturated heterocycles. The second-order valence-corrected chi connectivity index (χ2v) is 2.25. The van der Waals surface area contributed by atoms with E-state index in [9.17, 15) is 4.79 Å². The van der Waals surface area contributed by atoms with Gasteiger partial charge in [0.2, 0.25) is 0 Å². The van der Waals surface area contributed by atoms with Gasteiger partial charge in [0.15, 0.2) is 0 Å². The summed E-state index contributed by atoms with van der Waals surface area (Å²) in [5.74, 6) is -0.841. The van der Waals surface area contributed by atoms with Crippen LogP contribution in [-0.2, 0) is 4.79 Å². The average molecular weight is 171 g/mol. The molecule has 0 aromatic carbocycles. The maximum Gasteiger partial charge on any atom is 0.320 e. The normalized spacial score (nSPS) is 15.1. The number of rotatable bonds is 3. The molecular formula is C6H13CaNO2. The Morgan fingerprint density at radius 2 is 2.10 bits per heavy atom. The molecule has 0 aliphatic heterocycles. The first-order valence-electron chi connectivity index (χ1n) is 3.08. The number of carbonyl (C=O) groups is 1. The molecule has 0 spiro atoms. The van der Waals surface area contributed by atoms with Crippen LogP contribution in [0.25, 0.3) is 0 Å². The Morgan fingerprint density at radius 3 is 2.20 bits per heavy atom. The standard InChI is InChI=1S/C6H13NO2.Ca/c1-3-4(2)5(7)6(8)9;/h4-5H,3,7H2,1-2H3,(H,8,9);/t4-,5-;/m0./s1. The zero-order valence-electron chi connectivity index (χ0n) is 6.50. The smallest absolute Gasteiger partial charge is 0.320 e. The maximum atomic E-state index is 10.2. The van der Waals surface area contributed by atoms with Crippen LogP contribution < -0.4 is 5.73 Å². The number of carboxylic acid groups (broad SMARTS) is 1. The Hall–Kier alpha value is 0.690. The van der Waals surface area contributed by atoms with Crippen molar-refractivity contribution in [3.8, 4) is 0 Å². The fraction of sp³-hybridized carbons (Fsp3) is 0.833. The maximum absolute atomic E-state index is 10.2. The van der Waals surface area contributed by atoms with Crippen molar-refractivity contribution in [2.45, 2.75) is 26.3 Å². The zero-order chi connectivity index (χ0) is 7.44. The SMILES string of the molecule is CC[C@H](C)[C@H](N)C(=O)O.[Ca]. The van der Waals surface area contributed by atoms with E-state index in [1.54, 1.807) is 0 Å². The zero-order valence-corrected chi connectivity index (χ0v) is 8.71. The van der Waals surface area contributed by atoms with Gasteiger partial charge in [-0.15, -0.1) is 0 Å². The van der Waals surface area contributed by atoms with Crippen molar-refractivity contribution in [1.29, 1.82) is 0 Å². The fourth-order valence-electron chi connectivity index (χ4n) is 0.497. The minimum Gasteiger partial charge on any atom is -0.480 e. The van der Waals surface area contributed by atoms with E-state index < -0.39 is 12.0 Å². The Labute approximate surface area is 91.0 Å². The average Bonchev–Trinajstić information content (AvgIpc) is 1.84. The van der Waals surface area contributed by atoms with E-state index in [2.05, 4.69) is 0 Å². The largest absolute Gasteiger partial charge is 0.480 e. The second-order valence-electron chi connectivity index (χ2n) is 2.25. The first-order valence-corrected chi connectivity index (χ1v) is 3.08. The monoisotopic (exact) mass is 171 g/mol. The molecule has 0 aromatic heterocycles. The molecule has 0 aliphatic rings. The number of carboxylic acids is 1. The molecule has 3 nitrogen and oxygen atoms in total. The molecule has 0 aromatic rings. The van der Waals surface area contributed by atoms with Crippen LogP contribution in [0, 0.1) is 5.92 Å². The van der Waals surface area contributed by atoms with Gasteiger partial charge in [-0.25, -0.2) is 0 Å². The molecule has 0 bridgehead atoms. The molecule has 0 rings (SSSR count). The van der Waals surface area contributed by atoms with Gasteiger partial charge in [-0.3, -0.25) is 4.79 Å². The van der Waals surface area contributed by atoms with Gasteiger partial charge in [-0.05, 0) is 5.92 Å². The molecule has 0 amide bonds.